The largest absolute Gasteiger partial charge is 0.378 e. The lowest BCUT2D eigenvalue weighted by Gasteiger charge is -2.47. The number of nitroso groups, excluding NO2 is 1. The van der Waals surface area contributed by atoms with Crippen LogP contribution in [0.2, 0.25) is 0 Å². The van der Waals surface area contributed by atoms with Crippen LogP contribution in [0.25, 0.3) is 0 Å². The Morgan fingerprint density at radius 3 is 2.44 bits per heavy atom. The molecular weight excluding hydrogens is 228 g/mol. The molecule has 0 saturated carbocycles. The Morgan fingerprint density at radius 2 is 1.83 bits per heavy atom. The van der Waals surface area contributed by atoms with E-state index in [0.717, 1.165) is 32.6 Å². The molecule has 2 heterocycles. The molecule has 2 unspecified atom stereocenters. The first kappa shape index (κ1) is 11.8. The van der Waals surface area contributed by atoms with E-state index >= 15 is 0 Å². The van der Waals surface area contributed by atoms with Crippen LogP contribution in [-0.4, -0.2) is 36.2 Å². The lowest BCUT2D eigenvalue weighted by Crippen LogP contribution is -2.57. The SMILES string of the molecule is O=NC1CC2COCC(C1)N2Cc1ccccc1. The maximum Gasteiger partial charge on any atom is 0.0951 e. The zero-order valence-electron chi connectivity index (χ0n) is 10.4. The summed E-state index contributed by atoms with van der Waals surface area (Å²) in [7, 11) is 0. The van der Waals surface area contributed by atoms with E-state index in [2.05, 4.69) is 34.3 Å². The van der Waals surface area contributed by atoms with Gasteiger partial charge in [-0.1, -0.05) is 35.5 Å². The van der Waals surface area contributed by atoms with Gasteiger partial charge in [-0.25, -0.2) is 0 Å². The van der Waals surface area contributed by atoms with Gasteiger partial charge < -0.3 is 4.74 Å². The van der Waals surface area contributed by atoms with E-state index in [0.29, 0.717) is 12.1 Å². The van der Waals surface area contributed by atoms with Crippen LogP contribution >= 0.6 is 0 Å². The molecule has 2 aliphatic heterocycles. The van der Waals surface area contributed by atoms with E-state index in [1.807, 2.05) is 6.07 Å². The van der Waals surface area contributed by atoms with Crippen LogP contribution in [0.1, 0.15) is 18.4 Å². The van der Waals surface area contributed by atoms with E-state index in [1.165, 1.54) is 5.56 Å². The van der Waals surface area contributed by atoms with Gasteiger partial charge in [0, 0.05) is 18.6 Å². The third kappa shape index (κ3) is 2.31. The number of nitrogens with zero attached hydrogens (tertiary/aromatic N) is 2. The van der Waals surface area contributed by atoms with Crippen molar-refractivity contribution < 1.29 is 4.74 Å². The van der Waals surface area contributed by atoms with Gasteiger partial charge in [-0.3, -0.25) is 4.90 Å². The summed E-state index contributed by atoms with van der Waals surface area (Å²) in [6.45, 7) is 2.41. The van der Waals surface area contributed by atoms with Crippen molar-refractivity contribution in [3.05, 3.63) is 40.8 Å². The van der Waals surface area contributed by atoms with Crippen molar-refractivity contribution in [2.75, 3.05) is 13.2 Å². The highest BCUT2D eigenvalue weighted by atomic mass is 16.5. The van der Waals surface area contributed by atoms with Gasteiger partial charge in [0.2, 0.25) is 0 Å². The Hall–Kier alpha value is -1.26. The van der Waals surface area contributed by atoms with Crippen LogP contribution in [0, 0.1) is 4.91 Å². The quantitative estimate of drug-likeness (QED) is 0.768. The van der Waals surface area contributed by atoms with Gasteiger partial charge in [-0.05, 0) is 18.4 Å². The molecular formula is C14H18N2O2. The number of hydrogen-bond donors (Lipinski definition) is 0. The zero-order chi connectivity index (χ0) is 12.4. The summed E-state index contributed by atoms with van der Waals surface area (Å²) < 4.78 is 5.61. The number of fused-ring (bicyclic) bond motifs is 2. The summed E-state index contributed by atoms with van der Waals surface area (Å²) in [5, 5.41) is 3.24. The molecule has 2 saturated heterocycles. The summed E-state index contributed by atoms with van der Waals surface area (Å²) in [5.74, 6) is 0. The molecule has 0 N–H and O–H groups in total. The summed E-state index contributed by atoms with van der Waals surface area (Å²) in [6, 6.07) is 11.2. The van der Waals surface area contributed by atoms with E-state index < -0.39 is 0 Å². The molecule has 18 heavy (non-hydrogen) atoms. The predicted octanol–water partition coefficient (Wildman–Crippen LogP) is 2.18. The van der Waals surface area contributed by atoms with Crippen LogP contribution in [0.5, 0.6) is 0 Å². The maximum atomic E-state index is 10.7. The summed E-state index contributed by atoms with van der Waals surface area (Å²) >= 11 is 0. The minimum absolute atomic E-state index is 0.0177. The molecule has 96 valence electrons. The molecule has 4 nitrogen and oxygen atoms in total. The van der Waals surface area contributed by atoms with Gasteiger partial charge in [-0.15, -0.1) is 0 Å². The molecule has 4 heteroatoms. The molecule has 2 aliphatic rings. The van der Waals surface area contributed by atoms with Crippen molar-refractivity contribution in [3.8, 4) is 0 Å². The molecule has 0 aromatic heterocycles. The van der Waals surface area contributed by atoms with Crippen LogP contribution in [0.3, 0.4) is 0 Å². The van der Waals surface area contributed by atoms with Crippen LogP contribution < -0.4 is 0 Å². The highest BCUT2D eigenvalue weighted by Gasteiger charge is 2.39. The number of rotatable bonds is 3. The van der Waals surface area contributed by atoms with Crippen molar-refractivity contribution in [3.63, 3.8) is 0 Å². The maximum absolute atomic E-state index is 10.7. The second kappa shape index (κ2) is 5.16. The number of piperidine rings is 1. The summed E-state index contributed by atoms with van der Waals surface area (Å²) in [5.41, 5.74) is 1.33. The molecule has 2 atom stereocenters. The number of benzene rings is 1. The van der Waals surface area contributed by atoms with E-state index in [-0.39, 0.29) is 6.04 Å². The van der Waals surface area contributed by atoms with Crippen molar-refractivity contribution in [1.29, 1.82) is 0 Å². The number of hydrogen-bond acceptors (Lipinski definition) is 4. The molecule has 1 aromatic carbocycles. The van der Waals surface area contributed by atoms with E-state index in [4.69, 9.17) is 4.74 Å². The Labute approximate surface area is 107 Å². The number of morpholine rings is 1. The Balaban J connectivity index is 1.74. The van der Waals surface area contributed by atoms with Crippen molar-refractivity contribution >= 4 is 0 Å². The fourth-order valence-electron chi connectivity index (χ4n) is 3.10. The average Bonchev–Trinajstić information content (AvgIpc) is 2.39. The third-order valence-corrected chi connectivity index (χ3v) is 4.00. The molecule has 1 aromatic rings. The molecule has 2 bridgehead atoms. The van der Waals surface area contributed by atoms with Crippen molar-refractivity contribution in [2.45, 2.75) is 37.5 Å². The Kier molecular flexibility index (Phi) is 3.39. The standard InChI is InChI=1S/C14H18N2O2/c17-15-12-6-13-9-18-10-14(7-12)16(13)8-11-4-2-1-3-5-11/h1-5,12-14H,6-10H2. The third-order valence-electron chi connectivity index (χ3n) is 4.00. The molecule has 2 fully saturated rings. The Morgan fingerprint density at radius 1 is 1.17 bits per heavy atom. The summed E-state index contributed by atoms with van der Waals surface area (Å²) in [4.78, 5) is 13.2. The fraction of sp³-hybridized carbons (Fsp3) is 0.571. The molecule has 0 radical (unpaired) electrons. The van der Waals surface area contributed by atoms with Crippen molar-refractivity contribution in [2.24, 2.45) is 5.18 Å². The van der Waals surface area contributed by atoms with Crippen LogP contribution in [-0.2, 0) is 11.3 Å². The van der Waals surface area contributed by atoms with Crippen LogP contribution in [0.15, 0.2) is 35.5 Å². The fourth-order valence-corrected chi connectivity index (χ4v) is 3.10. The smallest absolute Gasteiger partial charge is 0.0951 e. The topological polar surface area (TPSA) is 41.9 Å². The average molecular weight is 246 g/mol. The normalized spacial score (nSPS) is 32.1. The minimum atomic E-state index is -0.0177. The predicted molar refractivity (Wildman–Crippen MR) is 69.2 cm³/mol. The lowest BCUT2D eigenvalue weighted by molar-refractivity contribution is -0.0818. The first-order valence-corrected chi connectivity index (χ1v) is 6.56. The second-order valence-corrected chi connectivity index (χ2v) is 5.23. The molecule has 0 amide bonds. The van der Waals surface area contributed by atoms with E-state index in [1.54, 1.807) is 0 Å². The van der Waals surface area contributed by atoms with Gasteiger partial charge in [0.1, 0.15) is 0 Å². The number of ether oxygens (including phenoxy) is 1. The highest BCUT2D eigenvalue weighted by molar-refractivity contribution is 5.15. The lowest BCUT2D eigenvalue weighted by atomic mass is 9.90. The molecule has 3 rings (SSSR count). The first-order valence-electron chi connectivity index (χ1n) is 6.56. The minimum Gasteiger partial charge on any atom is -0.378 e. The van der Waals surface area contributed by atoms with Gasteiger partial charge in [0.25, 0.3) is 0 Å². The van der Waals surface area contributed by atoms with Crippen LogP contribution in [0.4, 0.5) is 0 Å². The van der Waals surface area contributed by atoms with Gasteiger partial charge in [0.15, 0.2) is 0 Å². The second-order valence-electron chi connectivity index (χ2n) is 5.23. The summed E-state index contributed by atoms with van der Waals surface area (Å²) in [6.07, 6.45) is 1.68. The highest BCUT2D eigenvalue weighted by Crippen LogP contribution is 2.30. The zero-order valence-corrected chi connectivity index (χ0v) is 10.4. The van der Waals surface area contributed by atoms with E-state index in [9.17, 15) is 4.91 Å². The monoisotopic (exact) mass is 246 g/mol. The molecule has 0 spiro atoms. The van der Waals surface area contributed by atoms with Gasteiger partial charge in [0.05, 0.1) is 19.3 Å². The van der Waals surface area contributed by atoms with Gasteiger partial charge >= 0.3 is 0 Å². The van der Waals surface area contributed by atoms with Crippen molar-refractivity contribution in [1.82, 2.24) is 4.90 Å². The van der Waals surface area contributed by atoms with Gasteiger partial charge in [-0.2, -0.15) is 4.91 Å². The molecule has 0 aliphatic carbocycles. The Bertz CT molecular complexity index is 396. The first-order chi connectivity index (χ1) is 8.86.